The van der Waals surface area contributed by atoms with Crippen LogP contribution in [0.2, 0.25) is 0 Å². The van der Waals surface area contributed by atoms with E-state index in [1.54, 1.807) is 16.4 Å². The highest BCUT2D eigenvalue weighted by atomic mass is 32.2. The fourth-order valence-corrected chi connectivity index (χ4v) is 4.11. The quantitative estimate of drug-likeness (QED) is 0.773. The zero-order valence-electron chi connectivity index (χ0n) is 16.3. The molecule has 1 aliphatic rings. The highest BCUT2D eigenvalue weighted by Crippen LogP contribution is 2.36. The third-order valence-electron chi connectivity index (χ3n) is 4.58. The summed E-state index contributed by atoms with van der Waals surface area (Å²) in [7, 11) is 0. The number of nitrogens with one attached hydrogen (secondary N) is 2. The normalized spacial score (nSPS) is 12.9. The zero-order valence-corrected chi connectivity index (χ0v) is 17.1. The first-order valence-electron chi connectivity index (χ1n) is 9.22. The molecule has 0 atom stereocenters. The number of amides is 2. The highest BCUT2D eigenvalue weighted by Gasteiger charge is 2.26. The van der Waals surface area contributed by atoms with Crippen LogP contribution in [-0.4, -0.2) is 28.1 Å². The van der Waals surface area contributed by atoms with Gasteiger partial charge in [-0.05, 0) is 37.8 Å². The number of aromatic nitrogens is 2. The molecular weight excluding hydrogens is 360 g/mol. The largest absolute Gasteiger partial charge is 0.348 e. The number of nitrogens with zero attached hydrogens (tertiary/aromatic N) is 2. The monoisotopic (exact) mass is 386 g/mol. The predicted molar refractivity (Wildman–Crippen MR) is 109 cm³/mol. The van der Waals surface area contributed by atoms with Gasteiger partial charge in [0.1, 0.15) is 5.82 Å². The van der Waals surface area contributed by atoms with Gasteiger partial charge in [0.15, 0.2) is 0 Å². The van der Waals surface area contributed by atoms with E-state index in [1.165, 1.54) is 5.56 Å². The van der Waals surface area contributed by atoms with Crippen molar-refractivity contribution in [3.63, 3.8) is 0 Å². The number of fused-ring (bicyclic) bond motifs is 1. The lowest BCUT2D eigenvalue weighted by Gasteiger charge is -2.13. The second kappa shape index (κ2) is 8.17. The summed E-state index contributed by atoms with van der Waals surface area (Å²) < 4.78 is 1.76. The van der Waals surface area contributed by atoms with Crippen LogP contribution in [0.1, 0.15) is 42.7 Å². The SMILES string of the molecule is Cc1ccc(-n2nc3c(c2NC(=O)C(=O)NCCC(C)C)CSC3)c(C)c1. The average molecular weight is 387 g/mol. The Kier molecular flexibility index (Phi) is 5.89. The van der Waals surface area contributed by atoms with Crippen LogP contribution in [0.3, 0.4) is 0 Å². The number of anilines is 1. The molecule has 7 heteroatoms. The van der Waals surface area contributed by atoms with Gasteiger partial charge in [0, 0.05) is 23.6 Å². The molecule has 0 spiro atoms. The van der Waals surface area contributed by atoms with Crippen LogP contribution >= 0.6 is 11.8 Å². The Labute approximate surface area is 164 Å². The molecule has 0 unspecified atom stereocenters. The molecule has 3 rings (SSSR count). The summed E-state index contributed by atoms with van der Waals surface area (Å²) in [6, 6.07) is 6.10. The van der Waals surface area contributed by atoms with Crippen molar-refractivity contribution in [2.24, 2.45) is 5.92 Å². The Morgan fingerprint density at radius 1 is 1.22 bits per heavy atom. The minimum absolute atomic E-state index is 0.472. The fourth-order valence-electron chi connectivity index (χ4n) is 3.08. The standard InChI is InChI=1S/C20H26N4O2S/c1-12(2)7-8-21-19(25)20(26)22-18-15-10-27-11-16(15)23-24(18)17-6-5-13(3)9-14(17)4/h5-6,9,12H,7-8,10-11H2,1-4H3,(H,21,25)(H,22,26). The first kappa shape index (κ1) is 19.5. The number of rotatable bonds is 5. The molecule has 0 aliphatic carbocycles. The number of hydrogen-bond acceptors (Lipinski definition) is 4. The van der Waals surface area contributed by atoms with Crippen molar-refractivity contribution in [2.75, 3.05) is 11.9 Å². The minimum atomic E-state index is -0.649. The van der Waals surface area contributed by atoms with E-state index in [1.807, 2.05) is 26.0 Å². The maximum absolute atomic E-state index is 12.4. The van der Waals surface area contributed by atoms with E-state index in [0.717, 1.165) is 40.4 Å². The smallest absolute Gasteiger partial charge is 0.314 e. The maximum atomic E-state index is 12.4. The fraction of sp³-hybridized carbons (Fsp3) is 0.450. The van der Waals surface area contributed by atoms with Crippen LogP contribution in [0.25, 0.3) is 5.69 Å². The molecule has 0 saturated carbocycles. The molecule has 1 aromatic heterocycles. The van der Waals surface area contributed by atoms with Gasteiger partial charge in [0.05, 0.1) is 11.4 Å². The minimum Gasteiger partial charge on any atom is -0.348 e. The van der Waals surface area contributed by atoms with Crippen molar-refractivity contribution in [2.45, 2.75) is 45.6 Å². The van der Waals surface area contributed by atoms with Gasteiger partial charge in [-0.3, -0.25) is 9.59 Å². The van der Waals surface area contributed by atoms with Crippen LogP contribution < -0.4 is 10.6 Å². The molecule has 0 radical (unpaired) electrons. The molecule has 2 heterocycles. The summed E-state index contributed by atoms with van der Waals surface area (Å²) in [5.74, 6) is 1.42. The van der Waals surface area contributed by atoms with E-state index in [2.05, 4.69) is 30.5 Å². The molecule has 2 N–H and O–H groups in total. The summed E-state index contributed by atoms with van der Waals surface area (Å²) in [4.78, 5) is 24.6. The van der Waals surface area contributed by atoms with Gasteiger partial charge < -0.3 is 10.6 Å². The molecule has 2 aromatic rings. The van der Waals surface area contributed by atoms with Gasteiger partial charge in [-0.25, -0.2) is 4.68 Å². The van der Waals surface area contributed by atoms with Crippen molar-refractivity contribution in [1.29, 1.82) is 0 Å². The molecule has 2 amide bonds. The Morgan fingerprint density at radius 3 is 2.70 bits per heavy atom. The lowest BCUT2D eigenvalue weighted by Crippen LogP contribution is -2.36. The summed E-state index contributed by atoms with van der Waals surface area (Å²) in [6.45, 7) is 8.72. The molecule has 27 heavy (non-hydrogen) atoms. The van der Waals surface area contributed by atoms with Gasteiger partial charge in [0.2, 0.25) is 0 Å². The number of benzene rings is 1. The second-order valence-corrected chi connectivity index (χ2v) is 8.35. The molecule has 6 nitrogen and oxygen atoms in total. The van der Waals surface area contributed by atoms with E-state index in [9.17, 15) is 9.59 Å². The van der Waals surface area contributed by atoms with Crippen molar-refractivity contribution >= 4 is 29.4 Å². The van der Waals surface area contributed by atoms with Gasteiger partial charge >= 0.3 is 11.8 Å². The van der Waals surface area contributed by atoms with Crippen molar-refractivity contribution in [3.8, 4) is 5.69 Å². The van der Waals surface area contributed by atoms with Crippen LogP contribution in [0, 0.1) is 19.8 Å². The third-order valence-corrected chi connectivity index (χ3v) is 5.55. The zero-order chi connectivity index (χ0) is 19.6. The number of thioether (sulfide) groups is 1. The maximum Gasteiger partial charge on any atom is 0.314 e. The third kappa shape index (κ3) is 4.35. The second-order valence-electron chi connectivity index (χ2n) is 7.36. The van der Waals surface area contributed by atoms with Crippen LogP contribution in [0.4, 0.5) is 5.82 Å². The van der Waals surface area contributed by atoms with Gasteiger partial charge in [-0.2, -0.15) is 16.9 Å². The Morgan fingerprint density at radius 2 is 2.00 bits per heavy atom. The Bertz CT molecular complexity index is 873. The summed E-state index contributed by atoms with van der Waals surface area (Å²) in [5, 5.41) is 10.2. The Hall–Kier alpha value is -2.28. The van der Waals surface area contributed by atoms with Gasteiger partial charge in [-0.15, -0.1) is 0 Å². The molecule has 144 valence electrons. The highest BCUT2D eigenvalue weighted by molar-refractivity contribution is 7.98. The van der Waals surface area contributed by atoms with E-state index in [-0.39, 0.29) is 0 Å². The van der Waals surface area contributed by atoms with E-state index < -0.39 is 11.8 Å². The first-order chi connectivity index (χ1) is 12.9. The van der Waals surface area contributed by atoms with Crippen molar-refractivity contribution in [1.82, 2.24) is 15.1 Å². The van der Waals surface area contributed by atoms with E-state index >= 15 is 0 Å². The van der Waals surface area contributed by atoms with E-state index in [0.29, 0.717) is 18.3 Å². The summed E-state index contributed by atoms with van der Waals surface area (Å²) >= 11 is 1.76. The lowest BCUT2D eigenvalue weighted by atomic mass is 10.1. The number of carbonyl (C=O) groups excluding carboxylic acids is 2. The molecule has 1 aromatic carbocycles. The van der Waals surface area contributed by atoms with Crippen LogP contribution in [0.15, 0.2) is 18.2 Å². The number of carbonyl (C=O) groups is 2. The molecule has 0 saturated heterocycles. The lowest BCUT2D eigenvalue weighted by molar-refractivity contribution is -0.136. The number of aryl methyl sites for hydroxylation is 2. The van der Waals surface area contributed by atoms with Gasteiger partial charge in [-0.1, -0.05) is 31.5 Å². The molecular formula is C20H26N4O2S. The molecule has 0 fully saturated rings. The van der Waals surface area contributed by atoms with Crippen LogP contribution in [-0.2, 0) is 21.1 Å². The topological polar surface area (TPSA) is 76.0 Å². The summed E-state index contributed by atoms with van der Waals surface area (Å²) in [5.41, 5.74) is 5.12. The molecule has 0 bridgehead atoms. The number of hydrogen-bond donors (Lipinski definition) is 2. The van der Waals surface area contributed by atoms with Crippen LogP contribution in [0.5, 0.6) is 0 Å². The first-order valence-corrected chi connectivity index (χ1v) is 10.4. The predicted octanol–water partition coefficient (Wildman–Crippen LogP) is 3.34. The average Bonchev–Trinajstić information content (AvgIpc) is 3.17. The Balaban J connectivity index is 1.84. The van der Waals surface area contributed by atoms with Crippen molar-refractivity contribution in [3.05, 3.63) is 40.6 Å². The molecule has 1 aliphatic heterocycles. The van der Waals surface area contributed by atoms with E-state index in [4.69, 9.17) is 5.10 Å². The summed E-state index contributed by atoms with van der Waals surface area (Å²) in [6.07, 6.45) is 0.839. The van der Waals surface area contributed by atoms with Crippen molar-refractivity contribution < 1.29 is 9.59 Å². The van der Waals surface area contributed by atoms with Gasteiger partial charge in [0.25, 0.3) is 0 Å².